The fourth-order valence-electron chi connectivity index (χ4n) is 3.07. The molecule has 0 bridgehead atoms. The summed E-state index contributed by atoms with van der Waals surface area (Å²) in [6.07, 6.45) is 3.13. The number of carboxylic acids is 1. The molecule has 5 heteroatoms. The van der Waals surface area contributed by atoms with Crippen molar-refractivity contribution in [1.82, 2.24) is 10.2 Å². The molecule has 116 valence electrons. The van der Waals surface area contributed by atoms with Gasteiger partial charge in [-0.05, 0) is 43.6 Å². The van der Waals surface area contributed by atoms with E-state index < -0.39 is 12.0 Å². The molecule has 1 aromatic rings. The summed E-state index contributed by atoms with van der Waals surface area (Å²) in [7, 11) is 0. The zero-order chi connectivity index (χ0) is 15.2. The number of benzene rings is 1. The van der Waals surface area contributed by atoms with Gasteiger partial charge in [0.25, 0.3) is 0 Å². The second kappa shape index (κ2) is 7.78. The smallest absolute Gasteiger partial charge is 0.322 e. The van der Waals surface area contributed by atoms with Crippen molar-refractivity contribution < 1.29 is 9.90 Å². The van der Waals surface area contributed by atoms with Crippen LogP contribution in [0.15, 0.2) is 24.3 Å². The van der Waals surface area contributed by atoms with Crippen molar-refractivity contribution in [3.8, 4) is 0 Å². The van der Waals surface area contributed by atoms with Crippen molar-refractivity contribution in [2.45, 2.75) is 44.8 Å². The third-order valence-electron chi connectivity index (χ3n) is 4.01. The highest BCUT2D eigenvalue weighted by Crippen LogP contribution is 2.23. The maximum Gasteiger partial charge on any atom is 0.322 e. The Hall–Kier alpha value is -1.10. The van der Waals surface area contributed by atoms with Crippen LogP contribution in [0.4, 0.5) is 0 Å². The lowest BCUT2D eigenvalue weighted by Crippen LogP contribution is -2.55. The van der Waals surface area contributed by atoms with Crippen molar-refractivity contribution >= 4 is 17.6 Å². The number of carboxylic acid groups (broad SMARTS) is 1. The SMILES string of the molecule is CCNC(C(=O)O)C1CCCCN1Cc1cccc(Cl)c1. The Labute approximate surface area is 131 Å². The van der Waals surface area contributed by atoms with E-state index in [1.807, 2.05) is 31.2 Å². The summed E-state index contributed by atoms with van der Waals surface area (Å²) in [5.41, 5.74) is 1.13. The van der Waals surface area contributed by atoms with Gasteiger partial charge in [0.1, 0.15) is 6.04 Å². The van der Waals surface area contributed by atoms with E-state index in [1.54, 1.807) is 0 Å². The maximum atomic E-state index is 11.5. The minimum absolute atomic E-state index is 0.0372. The maximum absolute atomic E-state index is 11.5. The Kier molecular flexibility index (Phi) is 6.03. The number of hydrogen-bond donors (Lipinski definition) is 2. The standard InChI is InChI=1S/C16H23ClN2O2/c1-2-18-15(16(20)21)14-8-3-4-9-19(14)11-12-6-5-7-13(17)10-12/h5-7,10,14-15,18H,2-4,8-9,11H2,1H3,(H,20,21). The van der Waals surface area contributed by atoms with Gasteiger partial charge in [-0.15, -0.1) is 0 Å². The van der Waals surface area contributed by atoms with Crippen LogP contribution in [-0.4, -0.2) is 41.1 Å². The number of rotatable bonds is 6. The Morgan fingerprint density at radius 2 is 2.33 bits per heavy atom. The van der Waals surface area contributed by atoms with Crippen LogP contribution in [0.3, 0.4) is 0 Å². The van der Waals surface area contributed by atoms with Crippen LogP contribution in [0.5, 0.6) is 0 Å². The van der Waals surface area contributed by atoms with E-state index in [4.69, 9.17) is 11.6 Å². The van der Waals surface area contributed by atoms with Gasteiger partial charge in [0.05, 0.1) is 0 Å². The molecule has 21 heavy (non-hydrogen) atoms. The summed E-state index contributed by atoms with van der Waals surface area (Å²) in [5, 5.41) is 13.3. The average molecular weight is 311 g/mol. The number of likely N-dealkylation sites (tertiary alicyclic amines) is 1. The number of hydrogen-bond acceptors (Lipinski definition) is 3. The molecular weight excluding hydrogens is 288 g/mol. The number of halogens is 1. The minimum Gasteiger partial charge on any atom is -0.480 e. The predicted molar refractivity (Wildman–Crippen MR) is 84.6 cm³/mol. The van der Waals surface area contributed by atoms with Crippen molar-refractivity contribution in [1.29, 1.82) is 0 Å². The van der Waals surface area contributed by atoms with Crippen molar-refractivity contribution in [2.75, 3.05) is 13.1 Å². The van der Waals surface area contributed by atoms with E-state index in [1.165, 1.54) is 0 Å². The van der Waals surface area contributed by atoms with Crippen LogP contribution in [0.2, 0.25) is 5.02 Å². The third kappa shape index (κ3) is 4.43. The molecule has 1 saturated heterocycles. The molecule has 2 unspecified atom stereocenters. The summed E-state index contributed by atoms with van der Waals surface area (Å²) >= 11 is 6.04. The Balaban J connectivity index is 2.12. The Bertz CT molecular complexity index is 481. The largest absolute Gasteiger partial charge is 0.480 e. The van der Waals surface area contributed by atoms with E-state index in [-0.39, 0.29) is 6.04 Å². The van der Waals surface area contributed by atoms with Gasteiger partial charge in [-0.25, -0.2) is 0 Å². The second-order valence-corrected chi connectivity index (χ2v) is 5.97. The van der Waals surface area contributed by atoms with E-state index >= 15 is 0 Å². The molecule has 0 saturated carbocycles. The molecule has 0 amide bonds. The quantitative estimate of drug-likeness (QED) is 0.848. The van der Waals surface area contributed by atoms with Gasteiger partial charge >= 0.3 is 5.97 Å². The number of likely N-dealkylation sites (N-methyl/N-ethyl adjacent to an activating group) is 1. The van der Waals surface area contributed by atoms with Crippen LogP contribution in [0.25, 0.3) is 0 Å². The van der Waals surface area contributed by atoms with Crippen molar-refractivity contribution in [3.63, 3.8) is 0 Å². The van der Waals surface area contributed by atoms with Crippen LogP contribution in [-0.2, 0) is 11.3 Å². The summed E-state index contributed by atoms with van der Waals surface area (Å²) < 4.78 is 0. The molecule has 1 aliphatic heterocycles. The lowest BCUT2D eigenvalue weighted by molar-refractivity contribution is -0.142. The van der Waals surface area contributed by atoms with Gasteiger partial charge < -0.3 is 10.4 Å². The molecule has 1 fully saturated rings. The summed E-state index contributed by atoms with van der Waals surface area (Å²) in [4.78, 5) is 13.8. The van der Waals surface area contributed by atoms with Gasteiger partial charge in [0, 0.05) is 17.6 Å². The number of piperidine rings is 1. The normalized spacial score (nSPS) is 21.1. The second-order valence-electron chi connectivity index (χ2n) is 5.54. The molecule has 0 aromatic heterocycles. The van der Waals surface area contributed by atoms with Crippen molar-refractivity contribution in [2.24, 2.45) is 0 Å². The van der Waals surface area contributed by atoms with E-state index in [0.717, 1.165) is 42.9 Å². The molecule has 2 N–H and O–H groups in total. The lowest BCUT2D eigenvalue weighted by atomic mass is 9.94. The molecule has 0 aliphatic carbocycles. The fourth-order valence-corrected chi connectivity index (χ4v) is 3.28. The zero-order valence-electron chi connectivity index (χ0n) is 12.4. The first-order chi connectivity index (χ1) is 10.1. The Morgan fingerprint density at radius 1 is 1.52 bits per heavy atom. The lowest BCUT2D eigenvalue weighted by Gasteiger charge is -2.39. The van der Waals surface area contributed by atoms with Crippen LogP contribution >= 0.6 is 11.6 Å². The first-order valence-corrected chi connectivity index (χ1v) is 7.94. The van der Waals surface area contributed by atoms with Gasteiger partial charge in [0.2, 0.25) is 0 Å². The fraction of sp³-hybridized carbons (Fsp3) is 0.562. The number of nitrogens with one attached hydrogen (secondary N) is 1. The molecule has 0 radical (unpaired) electrons. The Morgan fingerprint density at radius 3 is 3.00 bits per heavy atom. The molecular formula is C16H23ClN2O2. The van der Waals surface area contributed by atoms with E-state index in [2.05, 4.69) is 10.2 Å². The molecule has 0 spiro atoms. The third-order valence-corrected chi connectivity index (χ3v) is 4.25. The average Bonchev–Trinajstić information content (AvgIpc) is 2.45. The number of carbonyl (C=O) groups is 1. The molecule has 1 aliphatic rings. The number of aliphatic carboxylic acids is 1. The van der Waals surface area contributed by atoms with Crippen LogP contribution in [0, 0.1) is 0 Å². The molecule has 1 heterocycles. The van der Waals surface area contributed by atoms with E-state index in [0.29, 0.717) is 6.54 Å². The molecule has 2 rings (SSSR count). The van der Waals surface area contributed by atoms with Gasteiger partial charge in [0.15, 0.2) is 0 Å². The minimum atomic E-state index is -0.764. The summed E-state index contributed by atoms with van der Waals surface area (Å²) in [5.74, 6) is -0.764. The van der Waals surface area contributed by atoms with Gasteiger partial charge in [-0.2, -0.15) is 0 Å². The first kappa shape index (κ1) is 16.3. The highest BCUT2D eigenvalue weighted by Gasteiger charge is 2.33. The topological polar surface area (TPSA) is 52.6 Å². The monoisotopic (exact) mass is 310 g/mol. The zero-order valence-corrected chi connectivity index (χ0v) is 13.1. The van der Waals surface area contributed by atoms with E-state index in [9.17, 15) is 9.90 Å². The highest BCUT2D eigenvalue weighted by molar-refractivity contribution is 6.30. The molecule has 1 aromatic carbocycles. The van der Waals surface area contributed by atoms with Crippen LogP contribution in [0.1, 0.15) is 31.7 Å². The van der Waals surface area contributed by atoms with Crippen molar-refractivity contribution in [3.05, 3.63) is 34.9 Å². The predicted octanol–water partition coefficient (Wildman–Crippen LogP) is 2.76. The van der Waals surface area contributed by atoms with Gasteiger partial charge in [-0.3, -0.25) is 9.69 Å². The first-order valence-electron chi connectivity index (χ1n) is 7.56. The molecule has 4 nitrogen and oxygen atoms in total. The summed E-state index contributed by atoms with van der Waals surface area (Å²) in [6.45, 7) is 4.30. The molecule has 2 atom stereocenters. The van der Waals surface area contributed by atoms with Crippen LogP contribution < -0.4 is 5.32 Å². The highest BCUT2D eigenvalue weighted by atomic mass is 35.5. The van der Waals surface area contributed by atoms with Gasteiger partial charge in [-0.1, -0.05) is 37.1 Å². The summed E-state index contributed by atoms with van der Waals surface area (Å²) in [6, 6.07) is 7.33. The number of nitrogens with zero attached hydrogens (tertiary/aromatic N) is 1.